The predicted molar refractivity (Wildman–Crippen MR) is 102 cm³/mol. The molecule has 3 aliphatic rings. The molecule has 3 heterocycles. The molecule has 4 rings (SSSR count). The first kappa shape index (κ1) is 18.6. The van der Waals surface area contributed by atoms with E-state index < -0.39 is 0 Å². The molecule has 1 aliphatic carbocycles. The predicted octanol–water partition coefficient (Wildman–Crippen LogP) is 2.75. The molecule has 0 spiro atoms. The maximum atomic E-state index is 12.9. The van der Waals surface area contributed by atoms with Gasteiger partial charge in [0.15, 0.2) is 10.8 Å². The molecule has 0 unspecified atom stereocenters. The van der Waals surface area contributed by atoms with Crippen molar-refractivity contribution in [2.45, 2.75) is 57.4 Å². The van der Waals surface area contributed by atoms with Crippen molar-refractivity contribution in [1.29, 1.82) is 0 Å². The van der Waals surface area contributed by atoms with Crippen LogP contribution in [-0.2, 0) is 9.59 Å². The summed E-state index contributed by atoms with van der Waals surface area (Å²) in [6, 6.07) is 0.339. The van der Waals surface area contributed by atoms with E-state index in [9.17, 15) is 14.4 Å². The van der Waals surface area contributed by atoms with Crippen LogP contribution in [0.5, 0.6) is 0 Å². The largest absolute Gasteiger partial charge is 0.342 e. The molecular weight excluding hydrogens is 362 g/mol. The number of hydrogen-bond donors (Lipinski definition) is 0. The highest BCUT2D eigenvalue weighted by Crippen LogP contribution is 2.31. The highest BCUT2D eigenvalue weighted by atomic mass is 32.1. The zero-order valence-electron chi connectivity index (χ0n) is 15.6. The standard InChI is InChI=1S/C20H27N3O3S/c24-17-12-15(13-23(17)16-4-2-1-3-5-16)20(26)22-9-6-14(7-10-22)18(25)19-21-8-11-27-19/h8,11,14-16H,1-7,9-10,12-13H2/t15-/m1/s1. The smallest absolute Gasteiger partial charge is 0.227 e. The van der Waals surface area contributed by atoms with Crippen molar-refractivity contribution in [1.82, 2.24) is 14.8 Å². The molecule has 0 radical (unpaired) electrons. The van der Waals surface area contributed by atoms with Gasteiger partial charge < -0.3 is 9.80 Å². The third kappa shape index (κ3) is 3.93. The van der Waals surface area contributed by atoms with Crippen LogP contribution >= 0.6 is 11.3 Å². The summed E-state index contributed by atoms with van der Waals surface area (Å²) in [5.74, 6) is 0.113. The number of rotatable bonds is 4. The third-order valence-electron chi connectivity index (χ3n) is 6.34. The van der Waals surface area contributed by atoms with Gasteiger partial charge in [-0.2, -0.15) is 0 Å². The Morgan fingerprint density at radius 3 is 2.44 bits per heavy atom. The van der Waals surface area contributed by atoms with Crippen molar-refractivity contribution in [3.63, 3.8) is 0 Å². The number of Topliss-reactive ketones (excluding diaryl/α,β-unsaturated/α-hetero) is 1. The van der Waals surface area contributed by atoms with E-state index in [1.54, 1.807) is 6.20 Å². The van der Waals surface area contributed by atoms with Crippen molar-refractivity contribution in [2.24, 2.45) is 11.8 Å². The fourth-order valence-corrected chi connectivity index (χ4v) is 5.44. The number of likely N-dealkylation sites (tertiary alicyclic amines) is 2. The van der Waals surface area contributed by atoms with Crippen LogP contribution in [0.3, 0.4) is 0 Å². The Morgan fingerprint density at radius 2 is 1.78 bits per heavy atom. The Balaban J connectivity index is 1.30. The van der Waals surface area contributed by atoms with E-state index in [2.05, 4.69) is 4.98 Å². The molecule has 0 N–H and O–H groups in total. The van der Waals surface area contributed by atoms with Gasteiger partial charge >= 0.3 is 0 Å². The number of piperidine rings is 1. The van der Waals surface area contributed by atoms with Gasteiger partial charge in [-0.05, 0) is 25.7 Å². The van der Waals surface area contributed by atoms with E-state index in [4.69, 9.17) is 0 Å². The lowest BCUT2D eigenvalue weighted by atomic mass is 9.92. The first-order chi connectivity index (χ1) is 13.1. The fourth-order valence-electron chi connectivity index (χ4n) is 4.78. The number of hydrogen-bond acceptors (Lipinski definition) is 5. The quantitative estimate of drug-likeness (QED) is 0.743. The number of carbonyl (C=O) groups is 3. The van der Waals surface area contributed by atoms with Gasteiger partial charge in [-0.25, -0.2) is 4.98 Å². The van der Waals surface area contributed by atoms with Crippen LogP contribution in [0.25, 0.3) is 0 Å². The monoisotopic (exact) mass is 389 g/mol. The molecule has 2 aliphatic heterocycles. The minimum absolute atomic E-state index is 0.0378. The van der Waals surface area contributed by atoms with Crippen molar-refractivity contribution in [2.75, 3.05) is 19.6 Å². The first-order valence-electron chi connectivity index (χ1n) is 10.2. The molecule has 1 atom stereocenters. The summed E-state index contributed by atoms with van der Waals surface area (Å²) in [5.41, 5.74) is 0. The summed E-state index contributed by atoms with van der Waals surface area (Å²) in [5, 5.41) is 2.39. The summed E-state index contributed by atoms with van der Waals surface area (Å²) in [6.45, 7) is 1.80. The minimum Gasteiger partial charge on any atom is -0.342 e. The van der Waals surface area contributed by atoms with Gasteiger partial charge in [-0.1, -0.05) is 19.3 Å². The summed E-state index contributed by atoms with van der Waals surface area (Å²) >= 11 is 1.38. The topological polar surface area (TPSA) is 70.6 Å². The highest BCUT2D eigenvalue weighted by Gasteiger charge is 2.40. The summed E-state index contributed by atoms with van der Waals surface area (Å²) in [7, 11) is 0. The molecule has 6 nitrogen and oxygen atoms in total. The lowest BCUT2D eigenvalue weighted by Gasteiger charge is -2.33. The molecule has 0 aromatic carbocycles. The number of aromatic nitrogens is 1. The Bertz CT molecular complexity index is 691. The minimum atomic E-state index is -0.203. The molecule has 2 amide bonds. The van der Waals surface area contributed by atoms with E-state index in [-0.39, 0.29) is 29.4 Å². The van der Waals surface area contributed by atoms with Gasteiger partial charge in [0.05, 0.1) is 5.92 Å². The molecule has 146 valence electrons. The normalized spacial score (nSPS) is 25.2. The molecule has 2 saturated heterocycles. The molecule has 3 fully saturated rings. The van der Waals surface area contributed by atoms with Crippen molar-refractivity contribution < 1.29 is 14.4 Å². The van der Waals surface area contributed by atoms with Crippen molar-refractivity contribution in [3.8, 4) is 0 Å². The lowest BCUT2D eigenvalue weighted by molar-refractivity contribution is -0.137. The van der Waals surface area contributed by atoms with Gasteiger partial charge in [0.1, 0.15) is 0 Å². The number of carbonyl (C=O) groups excluding carboxylic acids is 3. The zero-order valence-corrected chi connectivity index (χ0v) is 16.5. The Hall–Kier alpha value is -1.76. The maximum absolute atomic E-state index is 12.9. The second-order valence-electron chi connectivity index (χ2n) is 8.04. The van der Waals surface area contributed by atoms with E-state index in [0.717, 1.165) is 12.8 Å². The van der Waals surface area contributed by atoms with Crippen LogP contribution < -0.4 is 0 Å². The second-order valence-corrected chi connectivity index (χ2v) is 8.93. The van der Waals surface area contributed by atoms with Gasteiger partial charge in [0.25, 0.3) is 0 Å². The number of ketones is 1. The van der Waals surface area contributed by atoms with Crippen LogP contribution in [0.15, 0.2) is 11.6 Å². The zero-order chi connectivity index (χ0) is 18.8. The van der Waals surface area contributed by atoms with Crippen molar-refractivity contribution >= 4 is 28.9 Å². The molecule has 27 heavy (non-hydrogen) atoms. The average molecular weight is 390 g/mol. The van der Waals surface area contributed by atoms with E-state index in [1.165, 1.54) is 30.6 Å². The Morgan fingerprint density at radius 1 is 1.04 bits per heavy atom. The van der Waals surface area contributed by atoms with Crippen LogP contribution in [-0.4, -0.2) is 58.1 Å². The number of amides is 2. The lowest BCUT2D eigenvalue weighted by Crippen LogP contribution is -2.44. The Kier molecular flexibility index (Phi) is 5.57. The SMILES string of the molecule is O=C(c1nccs1)C1CCN(C(=O)[C@@H]2CC(=O)N(C3CCCCC3)C2)CC1. The first-order valence-corrected chi connectivity index (χ1v) is 11.0. The maximum Gasteiger partial charge on any atom is 0.227 e. The van der Waals surface area contributed by atoms with Crippen LogP contribution in [0.4, 0.5) is 0 Å². The summed E-state index contributed by atoms with van der Waals surface area (Å²) in [6.07, 6.45) is 9.19. The summed E-state index contributed by atoms with van der Waals surface area (Å²) in [4.78, 5) is 45.8. The average Bonchev–Trinajstić information content (AvgIpc) is 3.38. The molecule has 0 bridgehead atoms. The molecule has 7 heteroatoms. The third-order valence-corrected chi connectivity index (χ3v) is 7.13. The number of nitrogens with zero attached hydrogens (tertiary/aromatic N) is 3. The van der Waals surface area contributed by atoms with Gasteiger partial charge in [-0.15, -0.1) is 11.3 Å². The number of thiazole rings is 1. The summed E-state index contributed by atoms with van der Waals surface area (Å²) < 4.78 is 0. The van der Waals surface area contributed by atoms with E-state index >= 15 is 0 Å². The molecule has 1 saturated carbocycles. The fraction of sp³-hybridized carbons (Fsp3) is 0.700. The Labute approximate surface area is 163 Å². The van der Waals surface area contributed by atoms with Crippen LogP contribution in [0.1, 0.15) is 61.2 Å². The van der Waals surface area contributed by atoms with Crippen LogP contribution in [0.2, 0.25) is 0 Å². The molecular formula is C20H27N3O3S. The van der Waals surface area contributed by atoms with Crippen LogP contribution in [0, 0.1) is 11.8 Å². The highest BCUT2D eigenvalue weighted by molar-refractivity contribution is 7.11. The van der Waals surface area contributed by atoms with E-state index in [1.807, 2.05) is 15.2 Å². The van der Waals surface area contributed by atoms with Gasteiger partial charge in [0.2, 0.25) is 11.8 Å². The second kappa shape index (κ2) is 8.09. The van der Waals surface area contributed by atoms with Crippen molar-refractivity contribution in [3.05, 3.63) is 16.6 Å². The van der Waals surface area contributed by atoms with Gasteiger partial charge in [-0.3, -0.25) is 14.4 Å². The molecule has 1 aromatic heterocycles. The molecule has 1 aromatic rings. The van der Waals surface area contributed by atoms with Gasteiger partial charge in [0, 0.05) is 49.6 Å². The van der Waals surface area contributed by atoms with E-state index in [0.29, 0.717) is 49.9 Å².